The molecular formula is C18H19F3N2O. The maximum absolute atomic E-state index is 12.5. The van der Waals surface area contributed by atoms with E-state index in [0.717, 1.165) is 23.4 Å². The summed E-state index contributed by atoms with van der Waals surface area (Å²) in [6, 6.07) is 14.5. The van der Waals surface area contributed by atoms with Crippen molar-refractivity contribution in [1.29, 1.82) is 0 Å². The smallest absolute Gasteiger partial charge is 0.365 e. The van der Waals surface area contributed by atoms with E-state index in [4.69, 9.17) is 0 Å². The Kier molecular flexibility index (Phi) is 5.84. The van der Waals surface area contributed by atoms with Crippen molar-refractivity contribution >= 4 is 11.6 Å². The van der Waals surface area contributed by atoms with Gasteiger partial charge in [-0.1, -0.05) is 30.3 Å². The maximum Gasteiger partial charge on any atom is 0.416 e. The normalized spacial score (nSPS) is 11.2. The van der Waals surface area contributed by atoms with E-state index in [1.165, 1.54) is 12.1 Å². The molecule has 2 aromatic rings. The van der Waals surface area contributed by atoms with Gasteiger partial charge in [0.05, 0.1) is 12.1 Å². The molecule has 24 heavy (non-hydrogen) atoms. The number of anilines is 1. The zero-order valence-corrected chi connectivity index (χ0v) is 13.3. The molecular weight excluding hydrogens is 317 g/mol. The van der Waals surface area contributed by atoms with Crippen molar-refractivity contribution < 1.29 is 18.0 Å². The molecule has 0 saturated heterocycles. The first-order valence-corrected chi connectivity index (χ1v) is 7.55. The van der Waals surface area contributed by atoms with Crippen LogP contribution in [0.3, 0.4) is 0 Å². The average Bonchev–Trinajstić information content (AvgIpc) is 2.55. The van der Waals surface area contributed by atoms with Crippen LogP contribution in [0.4, 0.5) is 18.9 Å². The van der Waals surface area contributed by atoms with Crippen molar-refractivity contribution in [3.05, 3.63) is 65.7 Å². The molecule has 0 saturated carbocycles. The summed E-state index contributed by atoms with van der Waals surface area (Å²) >= 11 is 0. The highest BCUT2D eigenvalue weighted by molar-refractivity contribution is 5.81. The summed E-state index contributed by atoms with van der Waals surface area (Å²) < 4.78 is 37.4. The number of nitrogens with zero attached hydrogens (tertiary/aromatic N) is 1. The lowest BCUT2D eigenvalue weighted by Crippen LogP contribution is -2.36. The third-order valence-electron chi connectivity index (χ3n) is 3.59. The summed E-state index contributed by atoms with van der Waals surface area (Å²) in [6.07, 6.45) is -3.84. The minimum atomic E-state index is -4.32. The van der Waals surface area contributed by atoms with Gasteiger partial charge in [0.1, 0.15) is 0 Å². The molecule has 3 nitrogen and oxygen atoms in total. The number of alkyl halides is 3. The number of nitrogens with one attached hydrogen (secondary N) is 1. The molecule has 0 spiro atoms. The standard InChI is InChI=1S/C18H19F3N2O/c1-23(16-5-3-2-4-6-16)13-17(24)22-12-11-14-7-9-15(10-8-14)18(19,20)21/h2-10H,11-13H2,1H3,(H,22,24). The van der Waals surface area contributed by atoms with Gasteiger partial charge in [0.25, 0.3) is 0 Å². The van der Waals surface area contributed by atoms with Gasteiger partial charge in [-0.25, -0.2) is 0 Å². The van der Waals surface area contributed by atoms with Crippen molar-refractivity contribution in [2.75, 3.05) is 25.0 Å². The number of para-hydroxylation sites is 1. The van der Waals surface area contributed by atoms with Crippen molar-refractivity contribution in [3.63, 3.8) is 0 Å². The topological polar surface area (TPSA) is 32.3 Å². The molecule has 0 heterocycles. The van der Waals surface area contributed by atoms with E-state index < -0.39 is 11.7 Å². The second-order valence-electron chi connectivity index (χ2n) is 5.49. The van der Waals surface area contributed by atoms with Crippen molar-refractivity contribution in [2.45, 2.75) is 12.6 Å². The van der Waals surface area contributed by atoms with Gasteiger partial charge in [0.15, 0.2) is 0 Å². The highest BCUT2D eigenvalue weighted by Crippen LogP contribution is 2.29. The van der Waals surface area contributed by atoms with Crippen LogP contribution < -0.4 is 10.2 Å². The summed E-state index contributed by atoms with van der Waals surface area (Å²) in [5.74, 6) is -0.131. The predicted molar refractivity (Wildman–Crippen MR) is 87.9 cm³/mol. The lowest BCUT2D eigenvalue weighted by atomic mass is 10.1. The summed E-state index contributed by atoms with van der Waals surface area (Å²) in [5, 5.41) is 2.77. The van der Waals surface area contributed by atoms with Crippen molar-refractivity contribution in [1.82, 2.24) is 5.32 Å². The monoisotopic (exact) mass is 336 g/mol. The quantitative estimate of drug-likeness (QED) is 0.876. The molecule has 0 fully saturated rings. The van der Waals surface area contributed by atoms with Crippen LogP contribution in [0.2, 0.25) is 0 Å². The molecule has 128 valence electrons. The Morgan fingerprint density at radius 2 is 1.67 bits per heavy atom. The fourth-order valence-electron chi connectivity index (χ4n) is 2.25. The summed E-state index contributed by atoms with van der Waals surface area (Å²) in [6.45, 7) is 0.601. The third-order valence-corrected chi connectivity index (χ3v) is 3.59. The maximum atomic E-state index is 12.5. The second-order valence-corrected chi connectivity index (χ2v) is 5.49. The molecule has 2 rings (SSSR count). The van der Waals surface area contributed by atoms with Crippen LogP contribution in [0.1, 0.15) is 11.1 Å². The lowest BCUT2D eigenvalue weighted by Gasteiger charge is -2.18. The molecule has 6 heteroatoms. The van der Waals surface area contributed by atoms with Crippen LogP contribution in [0.5, 0.6) is 0 Å². The van der Waals surface area contributed by atoms with Crippen molar-refractivity contribution in [3.8, 4) is 0 Å². The van der Waals surface area contributed by atoms with Crippen LogP contribution in [-0.4, -0.2) is 26.0 Å². The number of hydrogen-bond donors (Lipinski definition) is 1. The van der Waals surface area contributed by atoms with E-state index in [1.54, 1.807) is 0 Å². The number of carbonyl (C=O) groups is 1. The lowest BCUT2D eigenvalue weighted by molar-refractivity contribution is -0.137. The largest absolute Gasteiger partial charge is 0.416 e. The van der Waals surface area contributed by atoms with E-state index in [9.17, 15) is 18.0 Å². The van der Waals surface area contributed by atoms with Crippen molar-refractivity contribution in [2.24, 2.45) is 0 Å². The molecule has 0 atom stereocenters. The van der Waals surface area contributed by atoms with E-state index in [1.807, 2.05) is 42.3 Å². The zero-order chi connectivity index (χ0) is 17.6. The molecule has 0 unspecified atom stereocenters. The van der Waals surface area contributed by atoms with Gasteiger partial charge in [-0.05, 0) is 36.2 Å². The summed E-state index contributed by atoms with van der Waals surface area (Å²) in [4.78, 5) is 13.7. The minimum Gasteiger partial charge on any atom is -0.365 e. The van der Waals surface area contributed by atoms with Gasteiger partial charge in [-0.3, -0.25) is 4.79 Å². The van der Waals surface area contributed by atoms with E-state index in [-0.39, 0.29) is 12.5 Å². The number of carbonyl (C=O) groups excluding carboxylic acids is 1. The summed E-state index contributed by atoms with van der Waals surface area (Å²) in [5.41, 5.74) is 1.02. The number of hydrogen-bond acceptors (Lipinski definition) is 2. The Hall–Kier alpha value is -2.50. The second kappa shape index (κ2) is 7.86. The SMILES string of the molecule is CN(CC(=O)NCCc1ccc(C(F)(F)F)cc1)c1ccccc1. The van der Waals surface area contributed by atoms with Gasteiger partial charge in [0, 0.05) is 19.3 Å². The third kappa shape index (κ3) is 5.30. The van der Waals surface area contributed by atoms with Crippen LogP contribution in [-0.2, 0) is 17.4 Å². The molecule has 0 radical (unpaired) electrons. The first kappa shape index (κ1) is 17.8. The molecule has 0 aliphatic rings. The Bertz CT molecular complexity index is 654. The van der Waals surface area contributed by atoms with E-state index in [2.05, 4.69) is 5.32 Å². The first-order chi connectivity index (χ1) is 11.4. The van der Waals surface area contributed by atoms with Crippen LogP contribution in [0, 0.1) is 0 Å². The number of likely N-dealkylation sites (N-methyl/N-ethyl adjacent to an activating group) is 1. The highest BCUT2D eigenvalue weighted by Gasteiger charge is 2.29. The first-order valence-electron chi connectivity index (χ1n) is 7.55. The Labute approximate surface area is 139 Å². The number of halogens is 3. The van der Waals surface area contributed by atoms with E-state index in [0.29, 0.717) is 13.0 Å². The predicted octanol–water partition coefficient (Wildman–Crippen LogP) is 3.50. The molecule has 0 aromatic heterocycles. The van der Waals surface area contributed by atoms with Gasteiger partial charge in [-0.2, -0.15) is 13.2 Å². The van der Waals surface area contributed by atoms with Gasteiger partial charge >= 0.3 is 6.18 Å². The molecule has 0 bridgehead atoms. The Morgan fingerprint density at radius 1 is 1.04 bits per heavy atom. The van der Waals surface area contributed by atoms with Gasteiger partial charge in [-0.15, -0.1) is 0 Å². The number of amides is 1. The van der Waals surface area contributed by atoms with Crippen LogP contribution >= 0.6 is 0 Å². The highest BCUT2D eigenvalue weighted by atomic mass is 19.4. The van der Waals surface area contributed by atoms with Gasteiger partial charge < -0.3 is 10.2 Å². The van der Waals surface area contributed by atoms with E-state index >= 15 is 0 Å². The minimum absolute atomic E-state index is 0.131. The Morgan fingerprint density at radius 3 is 2.25 bits per heavy atom. The molecule has 0 aliphatic carbocycles. The molecule has 0 aliphatic heterocycles. The molecule has 2 aromatic carbocycles. The zero-order valence-electron chi connectivity index (χ0n) is 13.3. The number of benzene rings is 2. The summed E-state index contributed by atoms with van der Waals surface area (Å²) in [7, 11) is 1.82. The molecule has 1 amide bonds. The Balaban J connectivity index is 1.76. The molecule has 1 N–H and O–H groups in total. The number of rotatable bonds is 6. The van der Waals surface area contributed by atoms with Crippen LogP contribution in [0.15, 0.2) is 54.6 Å². The van der Waals surface area contributed by atoms with Gasteiger partial charge in [0.2, 0.25) is 5.91 Å². The average molecular weight is 336 g/mol. The fraction of sp³-hybridized carbons (Fsp3) is 0.278. The fourth-order valence-corrected chi connectivity index (χ4v) is 2.25. The van der Waals surface area contributed by atoms with Crippen LogP contribution in [0.25, 0.3) is 0 Å².